The third-order valence-electron chi connectivity index (χ3n) is 5.65. The summed E-state index contributed by atoms with van der Waals surface area (Å²) in [5.41, 5.74) is 0.393. The maximum atomic E-state index is 5.46. The van der Waals surface area contributed by atoms with Crippen molar-refractivity contribution < 1.29 is 14.2 Å². The lowest BCUT2D eigenvalue weighted by Crippen LogP contribution is -2.42. The van der Waals surface area contributed by atoms with Gasteiger partial charge in [0.2, 0.25) is 5.88 Å². The molecule has 0 bridgehead atoms. The van der Waals surface area contributed by atoms with Crippen molar-refractivity contribution in [3.63, 3.8) is 0 Å². The highest BCUT2D eigenvalue weighted by atomic mass is 16.5. The van der Waals surface area contributed by atoms with Crippen LogP contribution in [0, 0.1) is 5.41 Å². The van der Waals surface area contributed by atoms with Crippen molar-refractivity contribution in [2.45, 2.75) is 25.3 Å². The number of piperidine rings is 1. The van der Waals surface area contributed by atoms with Crippen molar-refractivity contribution in [1.82, 2.24) is 14.9 Å². The number of rotatable bonds is 7. The summed E-state index contributed by atoms with van der Waals surface area (Å²) in [6, 6.07) is 2.43. The van der Waals surface area contributed by atoms with Crippen LogP contribution in [0.4, 0.5) is 5.82 Å². The summed E-state index contributed by atoms with van der Waals surface area (Å²) < 4.78 is 16.0. The predicted molar refractivity (Wildman–Crippen MR) is 96.2 cm³/mol. The molecule has 1 aromatic heterocycles. The number of anilines is 1. The van der Waals surface area contributed by atoms with E-state index in [1.165, 1.54) is 19.3 Å². The summed E-state index contributed by atoms with van der Waals surface area (Å²) in [6.45, 7) is 5.77. The second kappa shape index (κ2) is 8.29. The molecule has 1 atom stereocenters. The van der Waals surface area contributed by atoms with Crippen LogP contribution in [0.15, 0.2) is 12.4 Å². The Morgan fingerprint density at radius 2 is 1.96 bits per heavy atom. The molecule has 2 fully saturated rings. The third-order valence-corrected chi connectivity index (χ3v) is 5.65. The zero-order chi connectivity index (χ0) is 17.7. The van der Waals surface area contributed by atoms with Crippen LogP contribution < -0.4 is 9.64 Å². The van der Waals surface area contributed by atoms with E-state index in [0.29, 0.717) is 17.3 Å². The zero-order valence-corrected chi connectivity index (χ0v) is 15.6. The van der Waals surface area contributed by atoms with Crippen molar-refractivity contribution in [2.75, 3.05) is 65.6 Å². The molecule has 25 heavy (non-hydrogen) atoms. The maximum Gasteiger partial charge on any atom is 0.218 e. The summed E-state index contributed by atoms with van der Waals surface area (Å²) in [5.74, 6) is 1.58. The van der Waals surface area contributed by atoms with E-state index >= 15 is 0 Å². The predicted octanol–water partition coefficient (Wildman–Crippen LogP) is 1.44. The minimum absolute atomic E-state index is 0.393. The van der Waals surface area contributed by atoms with Crippen LogP contribution in [0.3, 0.4) is 0 Å². The van der Waals surface area contributed by atoms with Crippen LogP contribution in [-0.4, -0.2) is 81.6 Å². The normalized spacial score (nSPS) is 23.3. The molecule has 0 unspecified atom stereocenters. The standard InChI is InChI=1S/C18H30N4O3/c1-23-9-8-22-13-18(11-15(22)12-24-2)4-6-21(7-5-18)16-10-17(25-3)20-14-19-16/h10,14-15H,4-9,11-13H2,1-3H3/t15-/m0/s1. The molecule has 3 heterocycles. The van der Waals surface area contributed by atoms with Gasteiger partial charge in [-0.3, -0.25) is 4.90 Å². The first-order valence-corrected chi connectivity index (χ1v) is 9.02. The quantitative estimate of drug-likeness (QED) is 0.737. The topological polar surface area (TPSA) is 60.0 Å². The van der Waals surface area contributed by atoms with Gasteiger partial charge in [-0.1, -0.05) is 0 Å². The molecule has 2 saturated heterocycles. The van der Waals surface area contributed by atoms with E-state index < -0.39 is 0 Å². The van der Waals surface area contributed by atoms with Gasteiger partial charge < -0.3 is 19.1 Å². The second-order valence-corrected chi connectivity index (χ2v) is 7.18. The SMILES string of the molecule is COCCN1CC2(CCN(c3cc(OC)ncn3)CC2)C[C@H]1COC. The average molecular weight is 350 g/mol. The van der Waals surface area contributed by atoms with Crippen LogP contribution >= 0.6 is 0 Å². The summed E-state index contributed by atoms with van der Waals surface area (Å²) in [4.78, 5) is 13.4. The van der Waals surface area contributed by atoms with E-state index in [2.05, 4.69) is 19.8 Å². The smallest absolute Gasteiger partial charge is 0.218 e. The van der Waals surface area contributed by atoms with Crippen LogP contribution in [0.1, 0.15) is 19.3 Å². The molecule has 2 aliphatic heterocycles. The summed E-state index contributed by atoms with van der Waals surface area (Å²) in [6.07, 6.45) is 5.16. The highest BCUT2D eigenvalue weighted by molar-refractivity contribution is 5.41. The Labute approximate surface area is 150 Å². The first kappa shape index (κ1) is 18.4. The van der Waals surface area contributed by atoms with Crippen LogP contribution in [0.5, 0.6) is 5.88 Å². The van der Waals surface area contributed by atoms with E-state index in [9.17, 15) is 0 Å². The number of aromatic nitrogens is 2. The molecule has 140 valence electrons. The molecule has 7 heteroatoms. The van der Waals surface area contributed by atoms with Crippen molar-refractivity contribution in [3.05, 3.63) is 12.4 Å². The van der Waals surface area contributed by atoms with Crippen molar-refractivity contribution in [1.29, 1.82) is 0 Å². The van der Waals surface area contributed by atoms with Gasteiger partial charge >= 0.3 is 0 Å². The fourth-order valence-corrected chi connectivity index (χ4v) is 4.27. The molecule has 1 aromatic rings. The highest BCUT2D eigenvalue weighted by Crippen LogP contribution is 2.43. The Morgan fingerprint density at radius 3 is 2.64 bits per heavy atom. The first-order valence-electron chi connectivity index (χ1n) is 9.02. The molecule has 0 saturated carbocycles. The summed E-state index contributed by atoms with van der Waals surface area (Å²) in [7, 11) is 5.20. The van der Waals surface area contributed by atoms with Gasteiger partial charge in [-0.15, -0.1) is 0 Å². The third kappa shape index (κ3) is 4.22. The summed E-state index contributed by atoms with van der Waals surface area (Å²) in [5, 5.41) is 0. The number of nitrogens with zero attached hydrogens (tertiary/aromatic N) is 4. The molecular formula is C18H30N4O3. The molecule has 0 N–H and O–H groups in total. The van der Waals surface area contributed by atoms with E-state index in [1.807, 2.05) is 6.07 Å². The largest absolute Gasteiger partial charge is 0.481 e. The Hall–Kier alpha value is -1.44. The fraction of sp³-hybridized carbons (Fsp3) is 0.778. The van der Waals surface area contributed by atoms with E-state index in [0.717, 1.165) is 45.2 Å². The molecule has 0 amide bonds. The van der Waals surface area contributed by atoms with Crippen LogP contribution in [0.2, 0.25) is 0 Å². The molecule has 0 aromatic carbocycles. The lowest BCUT2D eigenvalue weighted by molar-refractivity contribution is 0.0901. The van der Waals surface area contributed by atoms with Crippen LogP contribution in [0.25, 0.3) is 0 Å². The molecule has 1 spiro atoms. The number of hydrogen-bond acceptors (Lipinski definition) is 7. The van der Waals surface area contributed by atoms with Gasteiger partial charge in [-0.25, -0.2) is 9.97 Å². The Balaban J connectivity index is 1.62. The monoisotopic (exact) mass is 350 g/mol. The second-order valence-electron chi connectivity index (χ2n) is 7.18. The lowest BCUT2D eigenvalue weighted by atomic mass is 9.76. The Morgan fingerprint density at radius 1 is 1.16 bits per heavy atom. The van der Waals surface area contributed by atoms with Gasteiger partial charge in [0.25, 0.3) is 0 Å². The van der Waals surface area contributed by atoms with Gasteiger partial charge in [0.1, 0.15) is 12.1 Å². The number of hydrogen-bond donors (Lipinski definition) is 0. The Kier molecular flexibility index (Phi) is 6.09. The minimum atomic E-state index is 0.393. The number of methoxy groups -OCH3 is 3. The molecule has 3 rings (SSSR count). The highest BCUT2D eigenvalue weighted by Gasteiger charge is 2.45. The minimum Gasteiger partial charge on any atom is -0.481 e. The van der Waals surface area contributed by atoms with Gasteiger partial charge in [0.05, 0.1) is 20.3 Å². The van der Waals surface area contributed by atoms with E-state index in [4.69, 9.17) is 14.2 Å². The zero-order valence-electron chi connectivity index (χ0n) is 15.6. The average Bonchev–Trinajstić information content (AvgIpc) is 2.98. The van der Waals surface area contributed by atoms with Crippen molar-refractivity contribution >= 4 is 5.82 Å². The van der Waals surface area contributed by atoms with Gasteiger partial charge in [-0.2, -0.15) is 0 Å². The molecule has 0 aliphatic carbocycles. The first-order chi connectivity index (χ1) is 12.2. The van der Waals surface area contributed by atoms with E-state index in [1.54, 1.807) is 27.7 Å². The molecule has 0 radical (unpaired) electrons. The summed E-state index contributed by atoms with van der Waals surface area (Å²) >= 11 is 0. The number of likely N-dealkylation sites (tertiary alicyclic amines) is 1. The Bertz CT molecular complexity index is 549. The van der Waals surface area contributed by atoms with Crippen molar-refractivity contribution in [3.8, 4) is 5.88 Å². The number of ether oxygens (including phenoxy) is 3. The lowest BCUT2D eigenvalue weighted by Gasteiger charge is -2.40. The molecule has 2 aliphatic rings. The molecule has 7 nitrogen and oxygen atoms in total. The van der Waals surface area contributed by atoms with Gasteiger partial charge in [-0.05, 0) is 24.7 Å². The maximum absolute atomic E-state index is 5.46. The molecular weight excluding hydrogens is 320 g/mol. The van der Waals surface area contributed by atoms with Gasteiger partial charge in [0, 0.05) is 52.5 Å². The van der Waals surface area contributed by atoms with E-state index in [-0.39, 0.29) is 0 Å². The van der Waals surface area contributed by atoms with Crippen LogP contribution in [-0.2, 0) is 9.47 Å². The fourth-order valence-electron chi connectivity index (χ4n) is 4.27. The van der Waals surface area contributed by atoms with Crippen molar-refractivity contribution in [2.24, 2.45) is 5.41 Å². The van der Waals surface area contributed by atoms with Gasteiger partial charge in [0.15, 0.2) is 0 Å².